The Morgan fingerprint density at radius 1 is 1.00 bits per heavy atom. The Hall–Kier alpha value is -3.35. The largest absolute Gasteiger partial charge is 0.508 e. The molecule has 0 aliphatic rings. The quantitative estimate of drug-likeness (QED) is 0.535. The third-order valence-corrected chi connectivity index (χ3v) is 3.39. The van der Waals surface area contributed by atoms with E-state index >= 15 is 0 Å². The first kappa shape index (κ1) is 14.6. The SMILES string of the molecule is COc1cc(-c2oc3cc(O)ccc3c(=O)c2O)cc(O)c1O. The zero-order chi connectivity index (χ0) is 16.7. The Balaban J connectivity index is 2.34. The van der Waals surface area contributed by atoms with Gasteiger partial charge in [0.25, 0.3) is 0 Å². The van der Waals surface area contributed by atoms with Gasteiger partial charge in [-0.25, -0.2) is 0 Å². The van der Waals surface area contributed by atoms with Crippen LogP contribution in [0.25, 0.3) is 22.3 Å². The van der Waals surface area contributed by atoms with Crippen molar-refractivity contribution in [3.63, 3.8) is 0 Å². The monoisotopic (exact) mass is 316 g/mol. The lowest BCUT2D eigenvalue weighted by molar-refractivity contribution is 0.351. The molecule has 0 fully saturated rings. The molecular weight excluding hydrogens is 304 g/mol. The molecule has 0 atom stereocenters. The molecule has 7 nitrogen and oxygen atoms in total. The molecule has 0 unspecified atom stereocenters. The predicted octanol–water partition coefficient (Wildman–Crippen LogP) is 2.29. The molecule has 1 aromatic heterocycles. The molecule has 0 spiro atoms. The third kappa shape index (κ3) is 2.28. The fourth-order valence-electron chi connectivity index (χ4n) is 2.25. The molecule has 2 aromatic carbocycles. The van der Waals surface area contributed by atoms with Crippen LogP contribution >= 0.6 is 0 Å². The van der Waals surface area contributed by atoms with E-state index in [9.17, 15) is 25.2 Å². The van der Waals surface area contributed by atoms with Crippen LogP contribution in [0.3, 0.4) is 0 Å². The first-order valence-corrected chi connectivity index (χ1v) is 6.51. The second-order valence-corrected chi connectivity index (χ2v) is 4.84. The smallest absolute Gasteiger partial charge is 0.235 e. The van der Waals surface area contributed by atoms with Crippen LogP contribution in [0.5, 0.6) is 28.7 Å². The molecule has 0 radical (unpaired) electrons. The summed E-state index contributed by atoms with van der Waals surface area (Å²) in [6.07, 6.45) is 0. The average molecular weight is 316 g/mol. The van der Waals surface area contributed by atoms with Crippen LogP contribution in [0.15, 0.2) is 39.5 Å². The van der Waals surface area contributed by atoms with Crippen molar-refractivity contribution < 1.29 is 29.6 Å². The molecule has 3 aromatic rings. The summed E-state index contributed by atoms with van der Waals surface area (Å²) in [5.74, 6) is -2.02. The van der Waals surface area contributed by atoms with Gasteiger partial charge >= 0.3 is 0 Å². The Labute approximate surface area is 129 Å². The van der Waals surface area contributed by atoms with Crippen LogP contribution in [0.4, 0.5) is 0 Å². The Kier molecular flexibility index (Phi) is 3.25. The van der Waals surface area contributed by atoms with E-state index in [0.717, 1.165) is 6.07 Å². The number of benzene rings is 2. The second kappa shape index (κ2) is 5.13. The van der Waals surface area contributed by atoms with E-state index < -0.39 is 22.7 Å². The highest BCUT2D eigenvalue weighted by Crippen LogP contribution is 2.41. The molecule has 23 heavy (non-hydrogen) atoms. The van der Waals surface area contributed by atoms with Crippen LogP contribution in [-0.4, -0.2) is 27.5 Å². The fraction of sp³-hybridized carbons (Fsp3) is 0.0625. The number of hydrogen-bond acceptors (Lipinski definition) is 7. The standard InChI is InChI=1S/C16H12O7/c1-22-12-5-7(4-10(18)14(12)20)16-15(21)13(19)9-3-2-8(17)6-11(9)23-16/h2-6,17-18,20-21H,1H3. The average Bonchev–Trinajstić information content (AvgIpc) is 2.53. The lowest BCUT2D eigenvalue weighted by atomic mass is 10.1. The van der Waals surface area contributed by atoms with Gasteiger partial charge in [-0.3, -0.25) is 4.79 Å². The van der Waals surface area contributed by atoms with Crippen molar-refractivity contribution in [2.24, 2.45) is 0 Å². The van der Waals surface area contributed by atoms with E-state index in [-0.39, 0.29) is 33.8 Å². The van der Waals surface area contributed by atoms with Crippen LogP contribution in [0, 0.1) is 0 Å². The molecule has 0 amide bonds. The summed E-state index contributed by atoms with van der Waals surface area (Å²) in [5.41, 5.74) is -0.501. The molecule has 3 rings (SSSR count). The molecule has 0 saturated carbocycles. The van der Waals surface area contributed by atoms with Gasteiger partial charge in [-0.05, 0) is 24.3 Å². The third-order valence-electron chi connectivity index (χ3n) is 3.39. The zero-order valence-electron chi connectivity index (χ0n) is 11.9. The minimum absolute atomic E-state index is 0.0574. The molecule has 4 N–H and O–H groups in total. The van der Waals surface area contributed by atoms with E-state index in [1.165, 1.54) is 31.4 Å². The number of phenols is 3. The number of methoxy groups -OCH3 is 1. The molecular formula is C16H12O7. The molecule has 0 bridgehead atoms. The first-order chi connectivity index (χ1) is 10.9. The summed E-state index contributed by atoms with van der Waals surface area (Å²) in [5, 5.41) is 39.0. The number of rotatable bonds is 2. The number of phenolic OH excluding ortho intramolecular Hbond substituents is 3. The molecule has 118 valence electrons. The van der Waals surface area contributed by atoms with Crippen molar-refractivity contribution in [3.8, 4) is 40.1 Å². The molecule has 1 heterocycles. The maximum absolute atomic E-state index is 12.2. The van der Waals surface area contributed by atoms with Crippen molar-refractivity contribution >= 4 is 11.0 Å². The highest BCUT2D eigenvalue weighted by molar-refractivity contribution is 5.83. The van der Waals surface area contributed by atoms with Gasteiger partial charge in [-0.2, -0.15) is 0 Å². The van der Waals surface area contributed by atoms with E-state index in [2.05, 4.69) is 0 Å². The summed E-state index contributed by atoms with van der Waals surface area (Å²) >= 11 is 0. The van der Waals surface area contributed by atoms with E-state index in [4.69, 9.17) is 9.15 Å². The lowest BCUT2D eigenvalue weighted by Crippen LogP contribution is -2.02. The number of hydrogen-bond donors (Lipinski definition) is 4. The van der Waals surface area contributed by atoms with Crippen molar-refractivity contribution in [1.29, 1.82) is 0 Å². The topological polar surface area (TPSA) is 120 Å². The Morgan fingerprint density at radius 2 is 1.74 bits per heavy atom. The summed E-state index contributed by atoms with van der Waals surface area (Å²) in [7, 11) is 1.28. The van der Waals surface area contributed by atoms with Gasteiger partial charge in [0.05, 0.1) is 12.5 Å². The number of fused-ring (bicyclic) bond motifs is 1. The Morgan fingerprint density at radius 3 is 2.43 bits per heavy atom. The molecule has 0 aliphatic heterocycles. The Bertz CT molecular complexity index is 972. The van der Waals surface area contributed by atoms with E-state index in [1.54, 1.807) is 0 Å². The highest BCUT2D eigenvalue weighted by Gasteiger charge is 2.19. The minimum Gasteiger partial charge on any atom is -0.508 e. The van der Waals surface area contributed by atoms with Crippen LogP contribution < -0.4 is 10.2 Å². The normalized spacial score (nSPS) is 10.8. The van der Waals surface area contributed by atoms with Gasteiger partial charge < -0.3 is 29.6 Å². The van der Waals surface area contributed by atoms with Gasteiger partial charge in [0, 0.05) is 11.6 Å². The highest BCUT2D eigenvalue weighted by atomic mass is 16.5. The summed E-state index contributed by atoms with van der Waals surface area (Å²) in [4.78, 5) is 12.2. The lowest BCUT2D eigenvalue weighted by Gasteiger charge is -2.10. The maximum Gasteiger partial charge on any atom is 0.235 e. The number of ether oxygens (including phenoxy) is 1. The van der Waals surface area contributed by atoms with Gasteiger partial charge in [0.1, 0.15) is 11.3 Å². The summed E-state index contributed by atoms with van der Waals surface area (Å²) in [6.45, 7) is 0. The van der Waals surface area contributed by atoms with Gasteiger partial charge in [-0.1, -0.05) is 0 Å². The molecule has 0 aliphatic carbocycles. The van der Waals surface area contributed by atoms with Crippen molar-refractivity contribution in [2.45, 2.75) is 0 Å². The molecule has 7 heteroatoms. The minimum atomic E-state index is -0.687. The van der Waals surface area contributed by atoms with Crippen LogP contribution in [-0.2, 0) is 0 Å². The van der Waals surface area contributed by atoms with Gasteiger partial charge in [0.2, 0.25) is 16.9 Å². The van der Waals surface area contributed by atoms with Crippen molar-refractivity contribution in [2.75, 3.05) is 7.11 Å². The first-order valence-electron chi connectivity index (χ1n) is 6.51. The van der Waals surface area contributed by atoms with E-state index in [1.807, 2.05) is 0 Å². The predicted molar refractivity (Wildman–Crippen MR) is 81.1 cm³/mol. The van der Waals surface area contributed by atoms with Crippen LogP contribution in [0.2, 0.25) is 0 Å². The fourth-order valence-corrected chi connectivity index (χ4v) is 2.25. The van der Waals surface area contributed by atoms with Gasteiger partial charge in [0.15, 0.2) is 17.3 Å². The number of aromatic hydroxyl groups is 4. The van der Waals surface area contributed by atoms with Crippen LogP contribution in [0.1, 0.15) is 0 Å². The van der Waals surface area contributed by atoms with Gasteiger partial charge in [-0.15, -0.1) is 0 Å². The zero-order valence-corrected chi connectivity index (χ0v) is 11.9. The van der Waals surface area contributed by atoms with E-state index in [0.29, 0.717) is 0 Å². The van der Waals surface area contributed by atoms with Crippen molar-refractivity contribution in [1.82, 2.24) is 0 Å². The second-order valence-electron chi connectivity index (χ2n) is 4.84. The van der Waals surface area contributed by atoms with Crippen molar-refractivity contribution in [3.05, 3.63) is 40.6 Å². The summed E-state index contributed by atoms with van der Waals surface area (Å²) in [6, 6.07) is 6.27. The summed E-state index contributed by atoms with van der Waals surface area (Å²) < 4.78 is 10.4. The molecule has 0 saturated heterocycles. The maximum atomic E-state index is 12.2.